The summed E-state index contributed by atoms with van der Waals surface area (Å²) in [6, 6.07) is 9.26. The fourth-order valence-electron chi connectivity index (χ4n) is 5.81. The highest BCUT2D eigenvalue weighted by molar-refractivity contribution is 5.85. The van der Waals surface area contributed by atoms with E-state index in [1.54, 1.807) is 5.57 Å². The van der Waals surface area contributed by atoms with Crippen LogP contribution >= 0.6 is 0 Å². The summed E-state index contributed by atoms with van der Waals surface area (Å²) < 4.78 is 0. The third-order valence-electron chi connectivity index (χ3n) is 6.72. The van der Waals surface area contributed by atoms with Gasteiger partial charge in [0.05, 0.1) is 0 Å². The first-order chi connectivity index (χ1) is 11.6. The van der Waals surface area contributed by atoms with E-state index in [1.807, 2.05) is 0 Å². The summed E-state index contributed by atoms with van der Waals surface area (Å²) >= 11 is 0. The van der Waals surface area contributed by atoms with Crippen molar-refractivity contribution in [2.45, 2.75) is 38.1 Å². The van der Waals surface area contributed by atoms with E-state index in [-0.39, 0.29) is 5.41 Å². The van der Waals surface area contributed by atoms with Crippen LogP contribution in [0.3, 0.4) is 0 Å². The lowest BCUT2D eigenvalue weighted by molar-refractivity contribution is 0.0523. The molecular weight excluding hydrogens is 294 g/mol. The monoisotopic (exact) mass is 321 g/mol. The second kappa shape index (κ2) is 4.96. The maximum atomic E-state index is 6.53. The lowest BCUT2D eigenvalue weighted by Crippen LogP contribution is -2.63. The zero-order valence-electron chi connectivity index (χ0n) is 14.7. The number of rotatable bonds is 2. The molecule has 1 fully saturated rings. The van der Waals surface area contributed by atoms with Crippen LogP contribution in [0.25, 0.3) is 10.9 Å². The number of nitrogens with zero attached hydrogens (tertiary/aromatic N) is 1. The summed E-state index contributed by atoms with van der Waals surface area (Å²) in [5, 5.41) is 1.40. The zero-order valence-corrected chi connectivity index (χ0v) is 14.7. The predicted molar refractivity (Wildman–Crippen MR) is 99.1 cm³/mol. The Kier molecular flexibility index (Phi) is 3.05. The molecule has 3 aliphatic heterocycles. The number of fused-ring (bicyclic) bond motifs is 3. The highest BCUT2D eigenvalue weighted by atomic mass is 15.2. The van der Waals surface area contributed by atoms with Crippen molar-refractivity contribution in [2.24, 2.45) is 17.6 Å². The Morgan fingerprint density at radius 1 is 1.33 bits per heavy atom. The summed E-state index contributed by atoms with van der Waals surface area (Å²) in [7, 11) is 0. The van der Waals surface area contributed by atoms with Crippen molar-refractivity contribution in [3.63, 3.8) is 0 Å². The van der Waals surface area contributed by atoms with Crippen LogP contribution in [0.2, 0.25) is 0 Å². The Balaban J connectivity index is 1.78. The van der Waals surface area contributed by atoms with Crippen molar-refractivity contribution < 1.29 is 0 Å². The molecular formula is C21H27N3. The number of piperidine rings is 1. The van der Waals surface area contributed by atoms with Crippen molar-refractivity contribution in [1.29, 1.82) is 0 Å². The van der Waals surface area contributed by atoms with Gasteiger partial charge in [0.1, 0.15) is 0 Å². The predicted octanol–water partition coefficient (Wildman–Crippen LogP) is 3.21. The molecule has 4 heterocycles. The number of aromatic amines is 1. The molecule has 0 radical (unpaired) electrons. The molecule has 1 aromatic carbocycles. The molecule has 0 saturated carbocycles. The minimum absolute atomic E-state index is 0.0577. The van der Waals surface area contributed by atoms with Crippen LogP contribution in [0.4, 0.5) is 0 Å². The number of nitrogens with two attached hydrogens (primary N) is 1. The maximum Gasteiger partial charge on any atom is 0.0459 e. The molecule has 0 spiro atoms. The lowest BCUT2D eigenvalue weighted by Gasteiger charge is -2.56. The van der Waals surface area contributed by atoms with E-state index < -0.39 is 0 Å². The third kappa shape index (κ3) is 1.75. The van der Waals surface area contributed by atoms with E-state index >= 15 is 0 Å². The topological polar surface area (TPSA) is 45.0 Å². The number of H-pyrrole nitrogens is 1. The number of nitrogens with one attached hydrogen (secondary N) is 1. The molecule has 4 atom stereocenters. The van der Waals surface area contributed by atoms with E-state index in [0.717, 1.165) is 19.5 Å². The SMILES string of the molecule is CC(C)C1=CC2CN3CCc4c([nH]c5ccccc45)C(CN)(C2)C13. The number of hydrogen-bond acceptors (Lipinski definition) is 2. The smallest absolute Gasteiger partial charge is 0.0459 e. The molecule has 3 heteroatoms. The first kappa shape index (κ1) is 14.7. The molecule has 3 nitrogen and oxygen atoms in total. The van der Waals surface area contributed by atoms with Gasteiger partial charge in [0.25, 0.3) is 0 Å². The minimum atomic E-state index is 0.0577. The van der Waals surface area contributed by atoms with Crippen LogP contribution in [0.15, 0.2) is 35.9 Å². The fourth-order valence-corrected chi connectivity index (χ4v) is 5.81. The van der Waals surface area contributed by atoms with E-state index in [1.165, 1.54) is 35.1 Å². The Morgan fingerprint density at radius 2 is 2.17 bits per heavy atom. The standard InChI is InChI=1S/C21H27N3/c1-13(2)17-9-14-10-21(12-22)19-16(7-8-24(11-14)20(17)21)15-5-3-4-6-18(15)23-19/h3-6,9,13-14,20,23H,7-8,10-12,22H2,1-2H3. The summed E-state index contributed by atoms with van der Waals surface area (Å²) in [5.74, 6) is 1.24. The average Bonchev–Trinajstić information content (AvgIpc) is 2.94. The zero-order chi connectivity index (χ0) is 16.5. The third-order valence-corrected chi connectivity index (χ3v) is 6.72. The summed E-state index contributed by atoms with van der Waals surface area (Å²) in [5.41, 5.74) is 12.4. The first-order valence-electron chi connectivity index (χ1n) is 9.40. The first-order valence-corrected chi connectivity index (χ1v) is 9.40. The quantitative estimate of drug-likeness (QED) is 0.834. The summed E-state index contributed by atoms with van der Waals surface area (Å²) in [4.78, 5) is 6.55. The van der Waals surface area contributed by atoms with E-state index in [2.05, 4.69) is 54.1 Å². The van der Waals surface area contributed by atoms with Gasteiger partial charge in [-0.05, 0) is 36.3 Å². The van der Waals surface area contributed by atoms with Gasteiger partial charge in [0, 0.05) is 47.7 Å². The van der Waals surface area contributed by atoms with Crippen molar-refractivity contribution in [3.05, 3.63) is 47.2 Å². The number of para-hydroxylation sites is 1. The number of hydrogen-bond donors (Lipinski definition) is 2. The molecule has 3 N–H and O–H groups in total. The average molecular weight is 321 g/mol. The van der Waals surface area contributed by atoms with Gasteiger partial charge in [-0.3, -0.25) is 4.90 Å². The van der Waals surface area contributed by atoms with Crippen LogP contribution in [0.5, 0.6) is 0 Å². The van der Waals surface area contributed by atoms with Crippen LogP contribution in [0.1, 0.15) is 31.5 Å². The van der Waals surface area contributed by atoms with E-state index in [0.29, 0.717) is 17.9 Å². The Bertz CT molecular complexity index is 831. The van der Waals surface area contributed by atoms with Gasteiger partial charge in [-0.25, -0.2) is 0 Å². The van der Waals surface area contributed by atoms with Crippen LogP contribution in [0, 0.1) is 11.8 Å². The van der Waals surface area contributed by atoms with Gasteiger partial charge in [0.2, 0.25) is 0 Å². The summed E-state index contributed by atoms with van der Waals surface area (Å²) in [6.45, 7) is 7.78. The molecule has 126 valence electrons. The van der Waals surface area contributed by atoms with Crippen molar-refractivity contribution >= 4 is 10.9 Å². The van der Waals surface area contributed by atoms with Crippen molar-refractivity contribution in [1.82, 2.24) is 9.88 Å². The number of aromatic nitrogens is 1. The van der Waals surface area contributed by atoms with Gasteiger partial charge in [0.15, 0.2) is 0 Å². The van der Waals surface area contributed by atoms with Crippen LogP contribution in [-0.4, -0.2) is 35.6 Å². The molecule has 4 aliphatic rings. The second-order valence-electron chi connectivity index (χ2n) is 8.32. The highest BCUT2D eigenvalue weighted by Crippen LogP contribution is 2.52. The summed E-state index contributed by atoms with van der Waals surface area (Å²) in [6.07, 6.45) is 4.91. The molecule has 4 unspecified atom stereocenters. The molecule has 0 amide bonds. The normalized spacial score (nSPS) is 34.3. The van der Waals surface area contributed by atoms with Crippen molar-refractivity contribution in [2.75, 3.05) is 19.6 Å². The van der Waals surface area contributed by atoms with Crippen LogP contribution < -0.4 is 5.73 Å². The van der Waals surface area contributed by atoms with Gasteiger partial charge >= 0.3 is 0 Å². The molecule has 1 aliphatic carbocycles. The maximum absolute atomic E-state index is 6.53. The largest absolute Gasteiger partial charge is 0.358 e. The molecule has 4 bridgehead atoms. The number of benzene rings is 1. The molecule has 2 aromatic rings. The van der Waals surface area contributed by atoms with E-state index in [4.69, 9.17) is 5.73 Å². The van der Waals surface area contributed by atoms with Crippen molar-refractivity contribution in [3.8, 4) is 0 Å². The Morgan fingerprint density at radius 3 is 2.96 bits per heavy atom. The van der Waals surface area contributed by atoms with Gasteiger partial charge < -0.3 is 10.7 Å². The fraction of sp³-hybridized carbons (Fsp3) is 0.524. The minimum Gasteiger partial charge on any atom is -0.358 e. The Hall–Kier alpha value is -1.58. The van der Waals surface area contributed by atoms with Gasteiger partial charge in [-0.15, -0.1) is 0 Å². The molecule has 1 aromatic heterocycles. The molecule has 24 heavy (non-hydrogen) atoms. The van der Waals surface area contributed by atoms with Crippen LogP contribution in [-0.2, 0) is 11.8 Å². The lowest BCUT2D eigenvalue weighted by atomic mass is 9.59. The second-order valence-corrected chi connectivity index (χ2v) is 8.32. The van der Waals surface area contributed by atoms with Gasteiger partial charge in [-0.1, -0.05) is 43.7 Å². The van der Waals surface area contributed by atoms with E-state index in [9.17, 15) is 0 Å². The highest BCUT2D eigenvalue weighted by Gasteiger charge is 2.55. The molecule has 6 rings (SSSR count). The Labute approximate surface area is 143 Å². The molecule has 1 saturated heterocycles. The van der Waals surface area contributed by atoms with Gasteiger partial charge in [-0.2, -0.15) is 0 Å².